The van der Waals surface area contributed by atoms with Crippen LogP contribution in [0.2, 0.25) is 0 Å². The van der Waals surface area contributed by atoms with Crippen LogP contribution in [0, 0.1) is 5.92 Å². The van der Waals surface area contributed by atoms with Crippen molar-refractivity contribution < 1.29 is 22.1 Å². The smallest absolute Gasteiger partial charge is 0.297 e. The highest BCUT2D eigenvalue weighted by molar-refractivity contribution is 7.86. The fourth-order valence-electron chi connectivity index (χ4n) is 2.55. The lowest BCUT2D eigenvalue weighted by Gasteiger charge is -2.28. The molecule has 0 aliphatic carbocycles. The number of hydrogen-bond acceptors (Lipinski definition) is 5. The van der Waals surface area contributed by atoms with Crippen molar-refractivity contribution in [1.29, 1.82) is 0 Å². The Hall–Kier alpha value is -1.47. The summed E-state index contributed by atoms with van der Waals surface area (Å²) in [7, 11) is -3.81. The van der Waals surface area contributed by atoms with Gasteiger partial charge in [0.2, 0.25) is 0 Å². The lowest BCUT2D eigenvalue weighted by atomic mass is 10.0. The second-order valence-corrected chi connectivity index (χ2v) is 7.48. The summed E-state index contributed by atoms with van der Waals surface area (Å²) in [6.45, 7) is 4.68. The highest BCUT2D eigenvalue weighted by Gasteiger charge is 2.38. The summed E-state index contributed by atoms with van der Waals surface area (Å²) < 4.78 is 41.1. The van der Waals surface area contributed by atoms with Gasteiger partial charge in [-0.05, 0) is 29.8 Å². The summed E-state index contributed by atoms with van der Waals surface area (Å²) >= 11 is 0. The zero-order valence-electron chi connectivity index (χ0n) is 13.2. The van der Waals surface area contributed by atoms with E-state index in [1.165, 1.54) is 0 Å². The minimum atomic E-state index is -3.81. The van der Waals surface area contributed by atoms with E-state index in [4.69, 9.17) is 13.7 Å². The highest BCUT2D eigenvalue weighted by Crippen LogP contribution is 2.29. The van der Waals surface area contributed by atoms with Crippen LogP contribution < -0.4 is 0 Å². The summed E-state index contributed by atoms with van der Waals surface area (Å²) in [6, 6.07) is 12.6. The number of ether oxygens (including phenoxy) is 2. The molecule has 0 bridgehead atoms. The molecule has 6 heteroatoms. The second kappa shape index (κ2) is 6.20. The Balaban J connectivity index is 1.75. The van der Waals surface area contributed by atoms with Crippen molar-refractivity contribution in [2.75, 3.05) is 19.8 Å². The lowest BCUT2D eigenvalue weighted by Crippen LogP contribution is -2.37. The van der Waals surface area contributed by atoms with Gasteiger partial charge in [-0.1, -0.05) is 37.3 Å². The molecule has 0 spiro atoms. The lowest BCUT2D eigenvalue weighted by molar-refractivity contribution is -0.182. The zero-order chi connectivity index (χ0) is 16.5. The molecule has 3 rings (SSSR count). The summed E-state index contributed by atoms with van der Waals surface area (Å²) in [5.74, 6) is -1.00. The van der Waals surface area contributed by atoms with Gasteiger partial charge in [-0.15, -0.1) is 0 Å². The third-order valence-corrected chi connectivity index (χ3v) is 5.52. The first-order valence-electron chi connectivity index (χ1n) is 7.57. The molecule has 0 amide bonds. The SMILES string of the molecule is CC(COS(=O)(=O)c1ccc2ccccc2c1)C1(C)OCCO1. The Morgan fingerprint density at radius 1 is 1.13 bits per heavy atom. The summed E-state index contributed by atoms with van der Waals surface area (Å²) in [4.78, 5) is 0.154. The molecule has 2 aromatic rings. The minimum Gasteiger partial charge on any atom is -0.347 e. The highest BCUT2D eigenvalue weighted by atomic mass is 32.2. The molecule has 1 atom stereocenters. The van der Waals surface area contributed by atoms with Gasteiger partial charge in [0.05, 0.1) is 24.7 Å². The molecular formula is C17H20O5S. The predicted molar refractivity (Wildman–Crippen MR) is 86.6 cm³/mol. The van der Waals surface area contributed by atoms with Gasteiger partial charge >= 0.3 is 0 Å². The van der Waals surface area contributed by atoms with E-state index in [0.29, 0.717) is 13.2 Å². The van der Waals surface area contributed by atoms with Crippen LogP contribution in [-0.4, -0.2) is 34.0 Å². The van der Waals surface area contributed by atoms with Crippen molar-refractivity contribution in [3.05, 3.63) is 42.5 Å². The molecule has 1 fully saturated rings. The molecule has 0 N–H and O–H groups in total. The Labute approximate surface area is 136 Å². The predicted octanol–water partition coefficient (Wildman–Crippen LogP) is 2.94. The summed E-state index contributed by atoms with van der Waals surface area (Å²) in [6.07, 6.45) is 0. The third kappa shape index (κ3) is 3.40. The van der Waals surface area contributed by atoms with Crippen molar-refractivity contribution >= 4 is 20.9 Å². The average Bonchev–Trinajstić information content (AvgIpc) is 3.00. The van der Waals surface area contributed by atoms with Gasteiger partial charge in [-0.3, -0.25) is 4.18 Å². The molecule has 0 aromatic heterocycles. The normalized spacial score (nSPS) is 19.0. The number of fused-ring (bicyclic) bond motifs is 1. The molecule has 1 saturated heterocycles. The third-order valence-electron chi connectivity index (χ3n) is 4.24. The molecule has 0 saturated carbocycles. The van der Waals surface area contributed by atoms with E-state index >= 15 is 0 Å². The van der Waals surface area contributed by atoms with Gasteiger partial charge in [0, 0.05) is 5.92 Å². The van der Waals surface area contributed by atoms with E-state index in [-0.39, 0.29) is 17.4 Å². The van der Waals surface area contributed by atoms with Crippen LogP contribution in [0.1, 0.15) is 13.8 Å². The van der Waals surface area contributed by atoms with Crippen LogP contribution in [-0.2, 0) is 23.8 Å². The van der Waals surface area contributed by atoms with E-state index < -0.39 is 15.9 Å². The van der Waals surface area contributed by atoms with Crippen LogP contribution in [0.15, 0.2) is 47.4 Å². The standard InChI is InChI=1S/C17H20O5S/c1-13(17(2)20-9-10-21-17)12-22-23(18,19)16-8-7-14-5-3-4-6-15(14)11-16/h3-8,11,13H,9-10,12H2,1-2H3. The maximum atomic E-state index is 12.4. The molecule has 1 heterocycles. The first-order chi connectivity index (χ1) is 10.9. The van der Waals surface area contributed by atoms with E-state index in [2.05, 4.69) is 0 Å². The van der Waals surface area contributed by atoms with Crippen molar-refractivity contribution in [2.24, 2.45) is 5.92 Å². The largest absolute Gasteiger partial charge is 0.347 e. The van der Waals surface area contributed by atoms with Crippen molar-refractivity contribution in [1.82, 2.24) is 0 Å². The van der Waals surface area contributed by atoms with E-state index in [9.17, 15) is 8.42 Å². The van der Waals surface area contributed by atoms with Crippen LogP contribution in [0.3, 0.4) is 0 Å². The molecule has 23 heavy (non-hydrogen) atoms. The van der Waals surface area contributed by atoms with E-state index in [1.54, 1.807) is 25.1 Å². The average molecular weight is 336 g/mol. The number of hydrogen-bond donors (Lipinski definition) is 0. The van der Waals surface area contributed by atoms with Crippen LogP contribution in [0.4, 0.5) is 0 Å². The van der Waals surface area contributed by atoms with Crippen LogP contribution in [0.5, 0.6) is 0 Å². The van der Waals surface area contributed by atoms with Crippen molar-refractivity contribution in [3.63, 3.8) is 0 Å². The van der Waals surface area contributed by atoms with Crippen molar-refractivity contribution in [3.8, 4) is 0 Å². The Morgan fingerprint density at radius 3 is 2.48 bits per heavy atom. The molecule has 1 aliphatic heterocycles. The monoisotopic (exact) mass is 336 g/mol. The number of benzene rings is 2. The van der Waals surface area contributed by atoms with Crippen LogP contribution in [0.25, 0.3) is 10.8 Å². The van der Waals surface area contributed by atoms with Gasteiger partial charge in [0.1, 0.15) is 0 Å². The molecule has 2 aromatic carbocycles. The van der Waals surface area contributed by atoms with Crippen LogP contribution >= 0.6 is 0 Å². The molecule has 1 aliphatic rings. The Kier molecular flexibility index (Phi) is 4.42. The van der Waals surface area contributed by atoms with Gasteiger partial charge in [-0.25, -0.2) is 0 Å². The topological polar surface area (TPSA) is 61.8 Å². The second-order valence-electron chi connectivity index (χ2n) is 5.86. The maximum absolute atomic E-state index is 12.4. The molecule has 0 radical (unpaired) electrons. The molecule has 124 valence electrons. The van der Waals surface area contributed by atoms with Gasteiger partial charge in [-0.2, -0.15) is 8.42 Å². The zero-order valence-corrected chi connectivity index (χ0v) is 14.0. The van der Waals surface area contributed by atoms with Crippen molar-refractivity contribution in [2.45, 2.75) is 24.5 Å². The first-order valence-corrected chi connectivity index (χ1v) is 8.98. The molecule has 5 nitrogen and oxygen atoms in total. The Bertz CT molecular complexity index is 793. The first kappa shape index (κ1) is 16.4. The van der Waals surface area contributed by atoms with Gasteiger partial charge in [0.15, 0.2) is 5.79 Å². The van der Waals surface area contributed by atoms with Gasteiger partial charge in [0.25, 0.3) is 10.1 Å². The Morgan fingerprint density at radius 2 is 1.78 bits per heavy atom. The van der Waals surface area contributed by atoms with E-state index in [1.807, 2.05) is 31.2 Å². The van der Waals surface area contributed by atoms with E-state index in [0.717, 1.165) is 10.8 Å². The fourth-order valence-corrected chi connectivity index (χ4v) is 3.57. The fraction of sp³-hybridized carbons (Fsp3) is 0.412. The molecular weight excluding hydrogens is 316 g/mol. The van der Waals surface area contributed by atoms with Gasteiger partial charge < -0.3 is 9.47 Å². The molecule has 1 unspecified atom stereocenters. The quantitative estimate of drug-likeness (QED) is 0.786. The maximum Gasteiger partial charge on any atom is 0.297 e. The summed E-state index contributed by atoms with van der Waals surface area (Å²) in [5.41, 5.74) is 0. The minimum absolute atomic E-state index is 0.00562. The number of rotatable bonds is 5. The summed E-state index contributed by atoms with van der Waals surface area (Å²) in [5, 5.41) is 1.85.